The van der Waals surface area contributed by atoms with Crippen molar-refractivity contribution in [2.75, 3.05) is 31.6 Å². The molecule has 0 aliphatic carbocycles. The van der Waals surface area contributed by atoms with E-state index in [1.807, 2.05) is 0 Å². The summed E-state index contributed by atoms with van der Waals surface area (Å²) in [5.74, 6) is -0.0347. The summed E-state index contributed by atoms with van der Waals surface area (Å²) >= 11 is 0. The molecule has 2 aliphatic rings. The zero-order valence-corrected chi connectivity index (χ0v) is 15.3. The number of hydrogen-bond donors (Lipinski definition) is 1. The standard InChI is InChI=1S/C19H26F2N2O3/c1-18(2)12-19(13-25-18)7-9-23(10-8-19)11-16(24)22-14-3-5-15(6-4-14)26-17(20)21/h3-6,17H,7-13H2,1-2H3,(H,22,24). The van der Waals surface area contributed by atoms with Gasteiger partial charge in [0.1, 0.15) is 5.75 Å². The maximum Gasteiger partial charge on any atom is 0.387 e. The van der Waals surface area contributed by atoms with Gasteiger partial charge in [-0.2, -0.15) is 8.78 Å². The highest BCUT2D eigenvalue weighted by atomic mass is 19.3. The Morgan fingerprint density at radius 3 is 2.46 bits per heavy atom. The van der Waals surface area contributed by atoms with Crippen LogP contribution in [-0.4, -0.2) is 49.3 Å². The SMILES string of the molecule is CC1(C)CC2(CCN(CC(=O)Nc3ccc(OC(F)F)cc3)CC2)CO1. The van der Waals surface area contributed by atoms with Crippen LogP contribution in [0.15, 0.2) is 24.3 Å². The topological polar surface area (TPSA) is 50.8 Å². The van der Waals surface area contributed by atoms with Crippen molar-refractivity contribution < 1.29 is 23.0 Å². The summed E-state index contributed by atoms with van der Waals surface area (Å²) in [7, 11) is 0. The van der Waals surface area contributed by atoms with Crippen LogP contribution in [0.1, 0.15) is 33.1 Å². The van der Waals surface area contributed by atoms with Crippen molar-refractivity contribution in [2.24, 2.45) is 5.41 Å². The Kier molecular flexibility index (Phi) is 5.48. The van der Waals surface area contributed by atoms with E-state index in [1.165, 1.54) is 12.1 Å². The molecule has 1 spiro atoms. The second kappa shape index (κ2) is 7.48. The van der Waals surface area contributed by atoms with Gasteiger partial charge in [0.05, 0.1) is 18.8 Å². The summed E-state index contributed by atoms with van der Waals surface area (Å²) in [6, 6.07) is 5.93. The van der Waals surface area contributed by atoms with Crippen LogP contribution in [-0.2, 0) is 9.53 Å². The average Bonchev–Trinajstić information content (AvgIpc) is 2.86. The number of carbonyl (C=O) groups excluding carboxylic acids is 1. The first kappa shape index (κ1) is 19.0. The molecule has 1 N–H and O–H groups in total. The molecule has 0 bridgehead atoms. The van der Waals surface area contributed by atoms with Crippen molar-refractivity contribution in [3.8, 4) is 5.75 Å². The number of piperidine rings is 1. The van der Waals surface area contributed by atoms with Crippen LogP contribution in [0.2, 0.25) is 0 Å². The average molecular weight is 368 g/mol. The number of carbonyl (C=O) groups is 1. The van der Waals surface area contributed by atoms with Crippen LogP contribution in [0.4, 0.5) is 14.5 Å². The van der Waals surface area contributed by atoms with Crippen LogP contribution in [0.3, 0.4) is 0 Å². The van der Waals surface area contributed by atoms with Gasteiger partial charge in [-0.25, -0.2) is 0 Å². The minimum Gasteiger partial charge on any atom is -0.435 e. The van der Waals surface area contributed by atoms with E-state index < -0.39 is 6.61 Å². The molecule has 0 saturated carbocycles. The Bertz CT molecular complexity index is 626. The first-order valence-electron chi connectivity index (χ1n) is 8.96. The van der Waals surface area contributed by atoms with Gasteiger partial charge in [-0.15, -0.1) is 0 Å². The number of likely N-dealkylation sites (tertiary alicyclic amines) is 1. The fourth-order valence-corrected chi connectivity index (χ4v) is 3.98. The number of hydrogen-bond acceptors (Lipinski definition) is 4. The molecule has 1 aromatic carbocycles. The predicted octanol–water partition coefficient (Wildman–Crippen LogP) is 3.51. The van der Waals surface area contributed by atoms with E-state index in [0.29, 0.717) is 12.2 Å². The highest BCUT2D eigenvalue weighted by molar-refractivity contribution is 5.92. The maximum atomic E-state index is 12.2. The fourth-order valence-electron chi connectivity index (χ4n) is 3.98. The van der Waals surface area contributed by atoms with Gasteiger partial charge >= 0.3 is 6.61 Å². The van der Waals surface area contributed by atoms with Gasteiger partial charge < -0.3 is 14.8 Å². The number of alkyl halides is 2. The summed E-state index contributed by atoms with van der Waals surface area (Å²) in [5.41, 5.74) is 0.785. The lowest BCUT2D eigenvalue weighted by Crippen LogP contribution is -2.44. The van der Waals surface area contributed by atoms with Gasteiger partial charge in [0.2, 0.25) is 5.91 Å². The Morgan fingerprint density at radius 1 is 1.27 bits per heavy atom. The molecule has 7 heteroatoms. The molecular formula is C19H26F2N2O3. The zero-order valence-electron chi connectivity index (χ0n) is 15.3. The van der Waals surface area contributed by atoms with Crippen LogP contribution in [0, 0.1) is 5.41 Å². The minimum absolute atomic E-state index is 0.0419. The number of nitrogens with one attached hydrogen (secondary N) is 1. The number of nitrogens with zero attached hydrogens (tertiary/aromatic N) is 1. The van der Waals surface area contributed by atoms with Gasteiger partial charge in [-0.1, -0.05) is 0 Å². The van der Waals surface area contributed by atoms with E-state index in [4.69, 9.17) is 4.74 Å². The molecule has 2 fully saturated rings. The first-order chi connectivity index (χ1) is 12.3. The fraction of sp³-hybridized carbons (Fsp3) is 0.632. The number of ether oxygens (including phenoxy) is 2. The number of anilines is 1. The van der Waals surface area contributed by atoms with Gasteiger partial charge in [0.25, 0.3) is 0 Å². The van der Waals surface area contributed by atoms with Crippen molar-refractivity contribution >= 4 is 11.6 Å². The Labute approximate surface area is 152 Å². The Morgan fingerprint density at radius 2 is 1.92 bits per heavy atom. The molecule has 2 saturated heterocycles. The molecule has 1 aromatic rings. The maximum absolute atomic E-state index is 12.2. The molecule has 0 atom stereocenters. The molecule has 2 aliphatic heterocycles. The highest BCUT2D eigenvalue weighted by Crippen LogP contribution is 2.46. The number of benzene rings is 1. The smallest absolute Gasteiger partial charge is 0.387 e. The third-order valence-electron chi connectivity index (χ3n) is 5.22. The zero-order chi connectivity index (χ0) is 18.8. The van der Waals surface area contributed by atoms with Gasteiger partial charge in [0, 0.05) is 5.69 Å². The quantitative estimate of drug-likeness (QED) is 0.864. The lowest BCUT2D eigenvalue weighted by molar-refractivity contribution is -0.117. The van der Waals surface area contributed by atoms with E-state index in [-0.39, 0.29) is 22.7 Å². The first-order valence-corrected chi connectivity index (χ1v) is 8.96. The largest absolute Gasteiger partial charge is 0.435 e. The van der Waals surface area contributed by atoms with Crippen molar-refractivity contribution in [1.29, 1.82) is 0 Å². The van der Waals surface area contributed by atoms with E-state index in [9.17, 15) is 13.6 Å². The van der Waals surface area contributed by atoms with E-state index in [0.717, 1.165) is 39.0 Å². The molecule has 0 aromatic heterocycles. The second-order valence-corrected chi connectivity index (χ2v) is 7.95. The molecule has 0 radical (unpaired) electrons. The monoisotopic (exact) mass is 368 g/mol. The molecule has 3 rings (SSSR count). The third-order valence-corrected chi connectivity index (χ3v) is 5.22. The summed E-state index contributed by atoms with van der Waals surface area (Å²) in [5, 5.41) is 2.80. The van der Waals surface area contributed by atoms with Crippen molar-refractivity contribution in [1.82, 2.24) is 4.90 Å². The van der Waals surface area contributed by atoms with Crippen LogP contribution < -0.4 is 10.1 Å². The van der Waals surface area contributed by atoms with Crippen molar-refractivity contribution in [3.05, 3.63) is 24.3 Å². The normalized spacial score (nSPS) is 21.9. The molecule has 1 amide bonds. The van der Waals surface area contributed by atoms with Gasteiger partial charge in [-0.3, -0.25) is 9.69 Å². The Balaban J connectivity index is 1.44. The number of amides is 1. The van der Waals surface area contributed by atoms with Crippen molar-refractivity contribution in [2.45, 2.75) is 45.3 Å². The molecule has 2 heterocycles. The molecule has 0 unspecified atom stereocenters. The summed E-state index contributed by atoms with van der Waals surface area (Å²) in [4.78, 5) is 14.4. The Hall–Kier alpha value is -1.73. The van der Waals surface area contributed by atoms with Crippen molar-refractivity contribution in [3.63, 3.8) is 0 Å². The molecule has 5 nitrogen and oxygen atoms in total. The van der Waals surface area contributed by atoms with Crippen LogP contribution >= 0.6 is 0 Å². The third kappa shape index (κ3) is 4.92. The summed E-state index contributed by atoms with van der Waals surface area (Å²) in [6.45, 7) is 4.33. The van der Waals surface area contributed by atoms with Crippen LogP contribution in [0.5, 0.6) is 5.75 Å². The minimum atomic E-state index is -2.85. The summed E-state index contributed by atoms with van der Waals surface area (Å²) in [6.07, 6.45) is 3.17. The number of halogens is 2. The van der Waals surface area contributed by atoms with E-state index in [2.05, 4.69) is 28.8 Å². The van der Waals surface area contributed by atoms with E-state index in [1.54, 1.807) is 12.1 Å². The predicted molar refractivity (Wildman–Crippen MR) is 94.5 cm³/mol. The van der Waals surface area contributed by atoms with Gasteiger partial charge in [-0.05, 0) is 75.9 Å². The van der Waals surface area contributed by atoms with Gasteiger partial charge in [0.15, 0.2) is 0 Å². The molecule has 144 valence electrons. The molecular weight excluding hydrogens is 342 g/mol. The summed E-state index contributed by atoms with van der Waals surface area (Å²) < 4.78 is 34.5. The number of rotatable bonds is 5. The lowest BCUT2D eigenvalue weighted by atomic mass is 9.74. The van der Waals surface area contributed by atoms with Crippen LogP contribution in [0.25, 0.3) is 0 Å². The second-order valence-electron chi connectivity index (χ2n) is 7.95. The van der Waals surface area contributed by atoms with E-state index >= 15 is 0 Å². The highest BCUT2D eigenvalue weighted by Gasteiger charge is 2.45. The lowest BCUT2D eigenvalue weighted by Gasteiger charge is -2.38. The molecule has 26 heavy (non-hydrogen) atoms.